The average Bonchev–Trinajstić information content (AvgIpc) is 3.04. The van der Waals surface area contributed by atoms with Gasteiger partial charge in [0.05, 0.1) is 12.6 Å². The first-order chi connectivity index (χ1) is 22.7. The maximum atomic E-state index is 13.1. The van der Waals surface area contributed by atoms with E-state index >= 15 is 0 Å². The Morgan fingerprint density at radius 2 is 1.00 bits per heavy atom. The summed E-state index contributed by atoms with van der Waals surface area (Å²) >= 11 is 3.98. The number of carbonyl (C=O) groups is 7. The first-order valence-corrected chi connectivity index (χ1v) is 16.8. The Kier molecular flexibility index (Phi) is 23.6. The fraction of sp³-hybridized carbons (Fsp3) is 0.759. The number of rotatable bonds is 26. The van der Waals surface area contributed by atoms with Crippen LogP contribution in [0, 0.1) is 0 Å². The van der Waals surface area contributed by atoms with Crippen molar-refractivity contribution >= 4 is 54.0 Å². The van der Waals surface area contributed by atoms with E-state index in [9.17, 15) is 38.7 Å². The quantitative estimate of drug-likeness (QED) is 0.0306. The highest BCUT2D eigenvalue weighted by Gasteiger charge is 2.29. The van der Waals surface area contributed by atoms with Crippen LogP contribution in [0.15, 0.2) is 0 Å². The molecule has 6 amide bonds. The second-order valence-corrected chi connectivity index (χ2v) is 11.8. The smallest absolute Gasteiger partial charge is 0.326 e. The molecule has 15 N–H and O–H groups in total. The number of amides is 6. The summed E-state index contributed by atoms with van der Waals surface area (Å²) in [6.07, 6.45) is 3.85. The number of aliphatic carboxylic acids is 1. The highest BCUT2D eigenvalue weighted by molar-refractivity contribution is 7.80. The summed E-state index contributed by atoms with van der Waals surface area (Å²) < 4.78 is 0. The first-order valence-electron chi connectivity index (χ1n) is 16.2. The molecule has 6 atom stereocenters. The number of nitrogens with one attached hydrogen (secondary N) is 6. The van der Waals surface area contributed by atoms with Crippen LogP contribution in [0.4, 0.5) is 0 Å². The molecule has 0 saturated heterocycles. The molecule has 276 valence electrons. The summed E-state index contributed by atoms with van der Waals surface area (Å²) in [5.74, 6) is -5.18. The van der Waals surface area contributed by atoms with Crippen LogP contribution in [-0.2, 0) is 33.6 Å². The third-order valence-corrected chi connectivity index (χ3v) is 7.59. The molecule has 0 aromatic carbocycles. The number of carboxylic acids is 1. The summed E-state index contributed by atoms with van der Waals surface area (Å²) in [4.78, 5) is 87.8. The van der Waals surface area contributed by atoms with Gasteiger partial charge in [-0.2, -0.15) is 12.6 Å². The van der Waals surface area contributed by atoms with E-state index in [4.69, 9.17) is 22.9 Å². The fourth-order valence-corrected chi connectivity index (χ4v) is 4.42. The number of hydrogen-bond acceptors (Lipinski definition) is 12. The molecule has 48 heavy (non-hydrogen) atoms. The third-order valence-electron chi connectivity index (χ3n) is 7.20. The minimum absolute atomic E-state index is 0.0679. The van der Waals surface area contributed by atoms with E-state index in [2.05, 4.69) is 44.5 Å². The second-order valence-electron chi connectivity index (χ2n) is 11.4. The van der Waals surface area contributed by atoms with Crippen molar-refractivity contribution < 1.29 is 38.7 Å². The summed E-state index contributed by atoms with van der Waals surface area (Å²) in [6.45, 7) is 3.38. The zero-order valence-electron chi connectivity index (χ0n) is 27.9. The Morgan fingerprint density at radius 1 is 0.583 bits per heavy atom. The molecule has 0 heterocycles. The molecule has 0 spiro atoms. The molecule has 0 aromatic heterocycles. The number of carbonyl (C=O) groups excluding carboxylic acids is 6. The Labute approximate surface area is 287 Å². The van der Waals surface area contributed by atoms with Gasteiger partial charge in [0.25, 0.3) is 0 Å². The predicted molar refractivity (Wildman–Crippen MR) is 182 cm³/mol. The van der Waals surface area contributed by atoms with Crippen LogP contribution in [0.2, 0.25) is 0 Å². The van der Waals surface area contributed by atoms with Crippen molar-refractivity contribution in [1.29, 1.82) is 0 Å². The number of hydrogen-bond donors (Lipinski definition) is 12. The number of nitrogens with two attached hydrogens (primary N) is 4. The minimum Gasteiger partial charge on any atom is -0.480 e. The highest BCUT2D eigenvalue weighted by atomic mass is 32.1. The van der Waals surface area contributed by atoms with E-state index in [1.807, 2.05) is 0 Å². The molecule has 0 saturated carbocycles. The van der Waals surface area contributed by atoms with Gasteiger partial charge in [-0.25, -0.2) is 4.79 Å². The Hall–Kier alpha value is -3.52. The van der Waals surface area contributed by atoms with E-state index < -0.39 is 84.2 Å². The van der Waals surface area contributed by atoms with Crippen molar-refractivity contribution in [3.8, 4) is 0 Å². The SMILES string of the molecule is C[C@H](NC(=O)CNC(=O)[C@H](CCCCN)NC(=O)[C@@H](N)CS)C(=O)N[C@@H](CCCCN)C(=O)N[C@@H](C)C(=O)N[C@@H](CCCCN)C(=O)O. The van der Waals surface area contributed by atoms with E-state index in [0.717, 1.165) is 0 Å². The van der Waals surface area contributed by atoms with Crippen LogP contribution in [0.3, 0.4) is 0 Å². The summed E-state index contributed by atoms with van der Waals surface area (Å²) in [7, 11) is 0. The molecular formula is C29H56N10O8S. The standard InChI is InChI=1S/C29H56N10O8S/c1-17(35-23(40)15-34-27(44)20(9-3-6-12-30)38-26(43)19(33)16-48)24(41)37-21(10-4-7-13-31)28(45)36-18(2)25(42)39-22(29(46)47)11-5-8-14-32/h17-22,48H,3-16,30-33H2,1-2H3,(H,34,44)(H,35,40)(H,36,45)(H,37,41)(H,38,43)(H,39,42)(H,46,47)/t17-,18-,19-,20-,21-,22-/m0/s1. The van der Waals surface area contributed by atoms with Crippen molar-refractivity contribution in [2.75, 3.05) is 31.9 Å². The maximum Gasteiger partial charge on any atom is 0.326 e. The Bertz CT molecular complexity index is 1050. The fourth-order valence-electron chi connectivity index (χ4n) is 4.26. The molecule has 0 rings (SSSR count). The molecule has 0 aliphatic rings. The zero-order chi connectivity index (χ0) is 36.6. The van der Waals surface area contributed by atoms with Gasteiger partial charge in [-0.05, 0) is 91.3 Å². The van der Waals surface area contributed by atoms with Crippen LogP contribution in [0.1, 0.15) is 71.6 Å². The van der Waals surface area contributed by atoms with Crippen molar-refractivity contribution in [2.24, 2.45) is 22.9 Å². The summed E-state index contributed by atoms with van der Waals surface area (Å²) in [5.41, 5.74) is 22.2. The van der Waals surface area contributed by atoms with Crippen molar-refractivity contribution in [1.82, 2.24) is 31.9 Å². The molecule has 0 fully saturated rings. The van der Waals surface area contributed by atoms with Crippen LogP contribution < -0.4 is 54.8 Å². The van der Waals surface area contributed by atoms with E-state index in [-0.39, 0.29) is 25.0 Å². The topological polar surface area (TPSA) is 316 Å². The Balaban J connectivity index is 5.25. The predicted octanol–water partition coefficient (Wildman–Crippen LogP) is -3.70. The van der Waals surface area contributed by atoms with Gasteiger partial charge in [-0.3, -0.25) is 28.8 Å². The maximum absolute atomic E-state index is 13.1. The summed E-state index contributed by atoms with van der Waals surface area (Å²) in [6, 6.07) is -6.40. The van der Waals surface area contributed by atoms with Gasteiger partial charge >= 0.3 is 5.97 Å². The first kappa shape index (κ1) is 44.5. The summed E-state index contributed by atoms with van der Waals surface area (Å²) in [5, 5.41) is 24.3. The molecule has 0 unspecified atom stereocenters. The lowest BCUT2D eigenvalue weighted by Gasteiger charge is -2.24. The van der Waals surface area contributed by atoms with Gasteiger partial charge in [0.15, 0.2) is 0 Å². The van der Waals surface area contributed by atoms with Crippen LogP contribution in [0.25, 0.3) is 0 Å². The molecule has 0 aliphatic carbocycles. The monoisotopic (exact) mass is 704 g/mol. The van der Waals surface area contributed by atoms with Gasteiger partial charge < -0.3 is 59.9 Å². The van der Waals surface area contributed by atoms with Gasteiger partial charge in [-0.1, -0.05) is 0 Å². The molecular weight excluding hydrogens is 648 g/mol. The second kappa shape index (κ2) is 25.5. The number of carboxylic acid groups (broad SMARTS) is 1. The zero-order valence-corrected chi connectivity index (χ0v) is 28.8. The van der Waals surface area contributed by atoms with Gasteiger partial charge in [-0.15, -0.1) is 0 Å². The number of thiol groups is 1. The van der Waals surface area contributed by atoms with Crippen LogP contribution >= 0.6 is 12.6 Å². The van der Waals surface area contributed by atoms with Gasteiger partial charge in [0, 0.05) is 5.75 Å². The molecule has 19 heteroatoms. The van der Waals surface area contributed by atoms with Crippen LogP contribution in [0.5, 0.6) is 0 Å². The van der Waals surface area contributed by atoms with Crippen molar-refractivity contribution in [2.45, 2.75) is 108 Å². The van der Waals surface area contributed by atoms with Gasteiger partial charge in [0.2, 0.25) is 35.4 Å². The molecule has 0 bridgehead atoms. The average molecular weight is 705 g/mol. The van der Waals surface area contributed by atoms with Gasteiger partial charge in [0.1, 0.15) is 30.2 Å². The minimum atomic E-state index is -1.22. The Morgan fingerprint density at radius 3 is 1.46 bits per heavy atom. The molecule has 0 radical (unpaired) electrons. The molecule has 0 aliphatic heterocycles. The third kappa shape index (κ3) is 18.7. The normalized spacial score (nSPS) is 14.6. The van der Waals surface area contributed by atoms with Crippen molar-refractivity contribution in [3.05, 3.63) is 0 Å². The van der Waals surface area contributed by atoms with Crippen molar-refractivity contribution in [3.63, 3.8) is 0 Å². The van der Waals surface area contributed by atoms with E-state index in [0.29, 0.717) is 58.2 Å². The molecule has 18 nitrogen and oxygen atoms in total. The van der Waals surface area contributed by atoms with Crippen LogP contribution in [-0.4, -0.2) is 115 Å². The number of unbranched alkanes of at least 4 members (excludes halogenated alkanes) is 3. The molecule has 0 aromatic rings. The highest BCUT2D eigenvalue weighted by Crippen LogP contribution is 2.05. The lowest BCUT2D eigenvalue weighted by molar-refractivity contribution is -0.142. The lowest BCUT2D eigenvalue weighted by Crippen LogP contribution is -2.57. The van der Waals surface area contributed by atoms with E-state index in [1.54, 1.807) is 0 Å². The van der Waals surface area contributed by atoms with E-state index in [1.165, 1.54) is 13.8 Å². The lowest BCUT2D eigenvalue weighted by atomic mass is 10.1. The largest absolute Gasteiger partial charge is 0.480 e.